The van der Waals surface area contributed by atoms with Crippen molar-refractivity contribution in [3.63, 3.8) is 0 Å². The first-order valence-corrected chi connectivity index (χ1v) is 12.0. The number of carbonyl (C=O) groups excluding carboxylic acids is 3. The minimum atomic E-state index is -1.81. The molecule has 6 N–H and O–H groups in total. The molecule has 1 saturated heterocycles. The fourth-order valence-electron chi connectivity index (χ4n) is 4.54. The van der Waals surface area contributed by atoms with E-state index in [9.17, 15) is 29.7 Å². The van der Waals surface area contributed by atoms with E-state index in [1.54, 1.807) is 24.3 Å². The molecule has 4 atom stereocenters. The Bertz CT molecular complexity index is 1450. The van der Waals surface area contributed by atoms with Gasteiger partial charge in [-0.15, -0.1) is 0 Å². The SMILES string of the molecule is CC1(O)C(O)C(CO)OC1n1cc2c3c(ncnc31)NC(=O)C=C2NC(=O)CNC(=O)OCc1ccccc1. The maximum atomic E-state index is 12.7. The molecule has 4 heterocycles. The second-order valence-corrected chi connectivity index (χ2v) is 9.26. The molecule has 2 aliphatic heterocycles. The number of ether oxygens (including phenoxy) is 2. The van der Waals surface area contributed by atoms with Gasteiger partial charge in [0.1, 0.15) is 48.8 Å². The Morgan fingerprint density at radius 1 is 1.26 bits per heavy atom. The number of hydrogen-bond donors (Lipinski definition) is 6. The number of amides is 3. The van der Waals surface area contributed by atoms with E-state index in [1.165, 1.54) is 24.0 Å². The van der Waals surface area contributed by atoms with Crippen molar-refractivity contribution in [2.45, 2.75) is 37.6 Å². The molecule has 1 aromatic carbocycles. The van der Waals surface area contributed by atoms with Gasteiger partial charge in [-0.3, -0.25) is 9.59 Å². The second kappa shape index (κ2) is 10.4. The molecule has 14 heteroatoms. The van der Waals surface area contributed by atoms with Crippen LogP contribution >= 0.6 is 0 Å². The number of alkyl carbamates (subject to hydrolysis) is 1. The molecule has 1 fully saturated rings. The van der Waals surface area contributed by atoms with Crippen LogP contribution in [0, 0.1) is 0 Å². The van der Waals surface area contributed by atoms with Crippen LogP contribution in [0.5, 0.6) is 0 Å². The van der Waals surface area contributed by atoms with Gasteiger partial charge in [-0.2, -0.15) is 0 Å². The van der Waals surface area contributed by atoms with E-state index in [0.717, 1.165) is 11.6 Å². The summed E-state index contributed by atoms with van der Waals surface area (Å²) in [5.74, 6) is -1.06. The van der Waals surface area contributed by atoms with Gasteiger partial charge in [0.2, 0.25) is 5.91 Å². The van der Waals surface area contributed by atoms with E-state index in [0.29, 0.717) is 10.9 Å². The molecule has 0 spiro atoms. The Balaban J connectivity index is 1.36. The standard InChI is InChI=1S/C25H26N6O8/c1-25(37)20(35)16(10-32)39-23(25)31-9-14-15(7-17(33)30-21-19(14)22(31)28-12-27-21)29-18(34)8-26-24(36)38-11-13-5-3-2-4-6-13/h2-7,9,12,16,20,23,32,35,37H,8,10-11H2,1H3,(H,26,36)(H,29,34)(H,27,28,30,33). The second-order valence-electron chi connectivity index (χ2n) is 9.26. The van der Waals surface area contributed by atoms with E-state index in [-0.39, 0.29) is 23.8 Å². The lowest BCUT2D eigenvalue weighted by atomic mass is 9.96. The highest BCUT2D eigenvalue weighted by molar-refractivity contribution is 6.14. The summed E-state index contributed by atoms with van der Waals surface area (Å²) in [6.45, 7) is 0.415. The first kappa shape index (κ1) is 26.2. The number of nitrogens with zero attached hydrogens (tertiary/aromatic N) is 3. The highest BCUT2D eigenvalue weighted by Gasteiger charge is 2.53. The number of aliphatic hydroxyl groups excluding tert-OH is 2. The van der Waals surface area contributed by atoms with Crippen LogP contribution in [0.1, 0.15) is 24.3 Å². The van der Waals surface area contributed by atoms with Gasteiger partial charge in [-0.1, -0.05) is 30.3 Å². The minimum absolute atomic E-state index is 0.0285. The molecule has 0 radical (unpaired) electrons. The van der Waals surface area contributed by atoms with E-state index in [4.69, 9.17) is 9.47 Å². The van der Waals surface area contributed by atoms with Crippen molar-refractivity contribution in [2.24, 2.45) is 0 Å². The third-order valence-corrected chi connectivity index (χ3v) is 6.48. The molecule has 0 bridgehead atoms. The van der Waals surface area contributed by atoms with Gasteiger partial charge in [0.15, 0.2) is 6.23 Å². The van der Waals surface area contributed by atoms with Gasteiger partial charge in [0.05, 0.1) is 17.7 Å². The molecule has 14 nitrogen and oxygen atoms in total. The third kappa shape index (κ3) is 5.05. The number of aromatic nitrogens is 3. The van der Waals surface area contributed by atoms with Crippen molar-refractivity contribution in [1.82, 2.24) is 25.2 Å². The van der Waals surface area contributed by atoms with E-state index < -0.39 is 55.1 Å². The van der Waals surface area contributed by atoms with Crippen LogP contribution in [0.3, 0.4) is 0 Å². The zero-order valence-corrected chi connectivity index (χ0v) is 20.7. The van der Waals surface area contributed by atoms with Crippen molar-refractivity contribution in [2.75, 3.05) is 18.5 Å². The Morgan fingerprint density at radius 3 is 2.74 bits per heavy atom. The quantitative estimate of drug-likeness (QED) is 0.234. The smallest absolute Gasteiger partial charge is 0.407 e. The van der Waals surface area contributed by atoms with Crippen molar-refractivity contribution in [3.8, 4) is 0 Å². The summed E-state index contributed by atoms with van der Waals surface area (Å²) < 4.78 is 12.3. The van der Waals surface area contributed by atoms with Crippen LogP contribution in [-0.4, -0.2) is 78.7 Å². The van der Waals surface area contributed by atoms with Crippen molar-refractivity contribution in [1.29, 1.82) is 0 Å². The number of hydrogen-bond acceptors (Lipinski definition) is 10. The highest BCUT2D eigenvalue weighted by Crippen LogP contribution is 2.42. The first-order chi connectivity index (χ1) is 18.7. The molecule has 2 aliphatic rings. The van der Waals surface area contributed by atoms with Crippen LogP contribution < -0.4 is 16.0 Å². The van der Waals surface area contributed by atoms with E-state index >= 15 is 0 Å². The molecule has 3 aromatic rings. The normalized spacial score (nSPS) is 24.1. The Hall–Kier alpha value is -4.37. The Kier molecular flexibility index (Phi) is 7.01. The van der Waals surface area contributed by atoms with Crippen LogP contribution in [0.4, 0.5) is 10.6 Å². The average Bonchev–Trinajstić information content (AvgIpc) is 3.36. The highest BCUT2D eigenvalue weighted by atomic mass is 16.6. The topological polar surface area (TPSA) is 197 Å². The summed E-state index contributed by atoms with van der Waals surface area (Å²) in [4.78, 5) is 45.7. The van der Waals surface area contributed by atoms with E-state index in [2.05, 4.69) is 25.9 Å². The molecule has 0 aliphatic carbocycles. The fraction of sp³-hybridized carbons (Fsp3) is 0.320. The first-order valence-electron chi connectivity index (χ1n) is 12.0. The van der Waals surface area contributed by atoms with Gasteiger partial charge in [0, 0.05) is 17.8 Å². The largest absolute Gasteiger partial charge is 0.445 e. The molecule has 0 saturated carbocycles. The van der Waals surface area contributed by atoms with E-state index in [1.807, 2.05) is 6.07 Å². The number of benzene rings is 1. The summed E-state index contributed by atoms with van der Waals surface area (Å²) in [7, 11) is 0. The molecule has 5 rings (SSSR count). The molecule has 3 amide bonds. The number of nitrogens with one attached hydrogen (secondary N) is 3. The summed E-state index contributed by atoms with van der Waals surface area (Å²) in [5, 5.41) is 38.9. The zero-order chi connectivity index (χ0) is 27.7. The summed E-state index contributed by atoms with van der Waals surface area (Å²) in [6.07, 6.45) is -0.583. The lowest BCUT2D eigenvalue weighted by Crippen LogP contribution is -2.44. The molecule has 204 valence electrons. The number of aliphatic hydroxyl groups is 3. The van der Waals surface area contributed by atoms with Crippen molar-refractivity contribution < 1.29 is 39.2 Å². The molecule has 39 heavy (non-hydrogen) atoms. The van der Waals surface area contributed by atoms with Crippen molar-refractivity contribution in [3.05, 3.63) is 60.1 Å². The lowest BCUT2D eigenvalue weighted by molar-refractivity contribution is -0.119. The van der Waals surface area contributed by atoms with Gasteiger partial charge >= 0.3 is 6.09 Å². The van der Waals surface area contributed by atoms with Crippen LogP contribution in [-0.2, 0) is 25.7 Å². The summed E-state index contributed by atoms with van der Waals surface area (Å²) in [6, 6.07) is 9.03. The third-order valence-electron chi connectivity index (χ3n) is 6.48. The van der Waals surface area contributed by atoms with Gasteiger partial charge in [-0.05, 0) is 12.5 Å². The molecule has 4 unspecified atom stereocenters. The summed E-state index contributed by atoms with van der Waals surface area (Å²) in [5.41, 5.74) is -0.404. The Morgan fingerprint density at radius 2 is 2.03 bits per heavy atom. The predicted octanol–water partition coefficient (Wildman–Crippen LogP) is -0.232. The van der Waals surface area contributed by atoms with Gasteiger partial charge < -0.3 is 45.3 Å². The van der Waals surface area contributed by atoms with Crippen LogP contribution in [0.25, 0.3) is 16.7 Å². The van der Waals surface area contributed by atoms with Crippen molar-refractivity contribution >= 4 is 40.5 Å². The maximum absolute atomic E-state index is 12.7. The lowest BCUT2D eigenvalue weighted by Gasteiger charge is -2.27. The number of anilines is 1. The van der Waals surface area contributed by atoms with Gasteiger partial charge in [-0.25, -0.2) is 14.8 Å². The minimum Gasteiger partial charge on any atom is -0.445 e. The summed E-state index contributed by atoms with van der Waals surface area (Å²) >= 11 is 0. The molecular formula is C25H26N6O8. The average molecular weight is 539 g/mol. The molecule has 2 aromatic heterocycles. The molecular weight excluding hydrogens is 512 g/mol. The van der Waals surface area contributed by atoms with Crippen LogP contribution in [0.2, 0.25) is 0 Å². The van der Waals surface area contributed by atoms with Gasteiger partial charge in [0.25, 0.3) is 5.91 Å². The van der Waals surface area contributed by atoms with Crippen LogP contribution in [0.15, 0.2) is 48.9 Å². The number of carbonyl (C=O) groups is 3. The Labute approximate surface area is 221 Å². The monoisotopic (exact) mass is 538 g/mol. The predicted molar refractivity (Wildman–Crippen MR) is 135 cm³/mol. The fourth-order valence-corrected chi connectivity index (χ4v) is 4.54. The zero-order valence-electron chi connectivity index (χ0n) is 20.7. The number of rotatable bonds is 7. The maximum Gasteiger partial charge on any atom is 0.407 e.